The van der Waals surface area contributed by atoms with Crippen molar-refractivity contribution in [2.24, 2.45) is 0 Å². The van der Waals surface area contributed by atoms with Crippen LogP contribution < -0.4 is 5.32 Å². The second-order valence-corrected chi connectivity index (χ2v) is 6.64. The molecule has 2 fully saturated rings. The predicted molar refractivity (Wildman–Crippen MR) is 88.2 cm³/mol. The molecule has 0 atom stereocenters. The standard InChI is InChI=1S/C17H17ClN2O5/c18-12-5-3-11(4-6-12)13(21)10-25-14(22)9-20-15(23)17(19-16(20)24)7-1-2-8-17/h3-6H,1-2,7-10H2,(H,19,24). The molecule has 8 heteroatoms. The molecule has 0 bridgehead atoms. The minimum absolute atomic E-state index is 0.358. The molecule has 1 heterocycles. The smallest absolute Gasteiger partial charge is 0.326 e. The molecule has 132 valence electrons. The molecular formula is C17H17ClN2O5. The number of urea groups is 1. The van der Waals surface area contributed by atoms with Gasteiger partial charge in [-0.1, -0.05) is 24.4 Å². The zero-order valence-electron chi connectivity index (χ0n) is 13.4. The maximum atomic E-state index is 12.4. The molecule has 0 unspecified atom stereocenters. The summed E-state index contributed by atoms with van der Waals surface area (Å²) in [7, 11) is 0. The Morgan fingerprint density at radius 1 is 1.16 bits per heavy atom. The fourth-order valence-corrected chi connectivity index (χ4v) is 3.30. The fraction of sp³-hybridized carbons (Fsp3) is 0.412. The Morgan fingerprint density at radius 2 is 1.80 bits per heavy atom. The molecule has 1 aromatic rings. The summed E-state index contributed by atoms with van der Waals surface area (Å²) < 4.78 is 4.90. The summed E-state index contributed by atoms with van der Waals surface area (Å²) in [6, 6.07) is 5.59. The Labute approximate surface area is 149 Å². The fourth-order valence-electron chi connectivity index (χ4n) is 3.18. The highest BCUT2D eigenvalue weighted by atomic mass is 35.5. The highest BCUT2D eigenvalue weighted by Crippen LogP contribution is 2.34. The van der Waals surface area contributed by atoms with Crippen molar-refractivity contribution in [2.75, 3.05) is 13.2 Å². The average molecular weight is 365 g/mol. The molecule has 3 rings (SSSR count). The summed E-state index contributed by atoms with van der Waals surface area (Å²) in [6.45, 7) is -0.963. The van der Waals surface area contributed by atoms with Gasteiger partial charge in [0.2, 0.25) is 0 Å². The van der Waals surface area contributed by atoms with Crippen LogP contribution in [0.3, 0.4) is 0 Å². The molecule has 0 aromatic heterocycles. The van der Waals surface area contributed by atoms with Gasteiger partial charge in [-0.2, -0.15) is 0 Å². The Hall–Kier alpha value is -2.41. The summed E-state index contributed by atoms with van der Waals surface area (Å²) in [5, 5.41) is 3.17. The van der Waals surface area contributed by atoms with E-state index in [2.05, 4.69) is 5.32 Å². The third-order valence-electron chi connectivity index (χ3n) is 4.52. The van der Waals surface area contributed by atoms with Gasteiger partial charge in [-0.25, -0.2) is 4.79 Å². The monoisotopic (exact) mass is 364 g/mol. The van der Waals surface area contributed by atoms with E-state index in [-0.39, 0.29) is 0 Å². The summed E-state index contributed by atoms with van der Waals surface area (Å²) in [4.78, 5) is 49.1. The van der Waals surface area contributed by atoms with Crippen molar-refractivity contribution in [3.8, 4) is 0 Å². The number of halogens is 1. The molecular weight excluding hydrogens is 348 g/mol. The molecule has 25 heavy (non-hydrogen) atoms. The summed E-state index contributed by atoms with van der Waals surface area (Å²) in [6.07, 6.45) is 2.89. The molecule has 7 nitrogen and oxygen atoms in total. The number of nitrogens with one attached hydrogen (secondary N) is 1. The number of Topliss-reactive ketones (excluding diaryl/α,β-unsaturated/α-hetero) is 1. The Morgan fingerprint density at radius 3 is 2.44 bits per heavy atom. The Kier molecular flexibility index (Phi) is 4.76. The number of hydrogen-bond donors (Lipinski definition) is 1. The molecule has 1 N–H and O–H groups in total. The van der Waals surface area contributed by atoms with Crippen LogP contribution in [0.4, 0.5) is 4.79 Å². The van der Waals surface area contributed by atoms with Crippen LogP contribution in [0.1, 0.15) is 36.0 Å². The highest BCUT2D eigenvalue weighted by Gasteiger charge is 2.52. The molecule has 1 saturated heterocycles. The first-order chi connectivity index (χ1) is 11.9. The average Bonchev–Trinajstić information content (AvgIpc) is 3.14. The van der Waals surface area contributed by atoms with E-state index in [1.165, 1.54) is 12.1 Å². The van der Waals surface area contributed by atoms with E-state index < -0.39 is 42.4 Å². The number of esters is 1. The molecule has 1 saturated carbocycles. The van der Waals surface area contributed by atoms with E-state index in [0.29, 0.717) is 23.4 Å². The van der Waals surface area contributed by atoms with Crippen molar-refractivity contribution < 1.29 is 23.9 Å². The minimum Gasteiger partial charge on any atom is -0.456 e. The van der Waals surface area contributed by atoms with Crippen molar-refractivity contribution in [3.63, 3.8) is 0 Å². The number of rotatable bonds is 5. The SMILES string of the molecule is O=C(CN1C(=O)NC2(CCCC2)C1=O)OCC(=O)c1ccc(Cl)cc1. The predicted octanol–water partition coefficient (Wildman–Crippen LogP) is 1.93. The van der Waals surface area contributed by atoms with E-state index in [4.69, 9.17) is 16.3 Å². The van der Waals surface area contributed by atoms with Crippen LogP contribution in [0.5, 0.6) is 0 Å². The van der Waals surface area contributed by atoms with Gasteiger partial charge in [-0.05, 0) is 37.1 Å². The third kappa shape index (κ3) is 3.51. The van der Waals surface area contributed by atoms with Gasteiger partial charge >= 0.3 is 12.0 Å². The maximum absolute atomic E-state index is 12.4. The zero-order valence-corrected chi connectivity index (χ0v) is 14.2. The Bertz CT molecular complexity index is 725. The number of ether oxygens (including phenoxy) is 1. The first kappa shape index (κ1) is 17.4. The van der Waals surface area contributed by atoms with Gasteiger partial charge in [-0.3, -0.25) is 19.3 Å². The number of amides is 3. The lowest BCUT2D eigenvalue weighted by molar-refractivity contribution is -0.146. The van der Waals surface area contributed by atoms with Crippen molar-refractivity contribution >= 4 is 35.3 Å². The van der Waals surface area contributed by atoms with Gasteiger partial charge in [0.05, 0.1) is 0 Å². The van der Waals surface area contributed by atoms with E-state index in [9.17, 15) is 19.2 Å². The zero-order chi connectivity index (χ0) is 18.0. The largest absolute Gasteiger partial charge is 0.456 e. The molecule has 1 aliphatic heterocycles. The molecule has 1 aliphatic carbocycles. The number of carbonyl (C=O) groups is 4. The minimum atomic E-state index is -0.865. The lowest BCUT2D eigenvalue weighted by Gasteiger charge is -2.19. The van der Waals surface area contributed by atoms with E-state index >= 15 is 0 Å². The van der Waals surface area contributed by atoms with Gasteiger partial charge in [0.25, 0.3) is 5.91 Å². The van der Waals surface area contributed by atoms with Gasteiger partial charge in [0.1, 0.15) is 12.1 Å². The summed E-state index contributed by atoms with van der Waals surface area (Å²) in [5.74, 6) is -1.59. The van der Waals surface area contributed by atoms with Crippen LogP contribution in [0, 0.1) is 0 Å². The highest BCUT2D eigenvalue weighted by molar-refractivity contribution is 6.30. The third-order valence-corrected chi connectivity index (χ3v) is 4.77. The van der Waals surface area contributed by atoms with Crippen LogP contribution in [0.25, 0.3) is 0 Å². The number of carbonyl (C=O) groups excluding carboxylic acids is 4. The maximum Gasteiger partial charge on any atom is 0.326 e. The molecule has 0 radical (unpaired) electrons. The number of hydrogen-bond acceptors (Lipinski definition) is 5. The molecule has 2 aliphatic rings. The lowest BCUT2D eigenvalue weighted by Crippen LogP contribution is -2.44. The first-order valence-electron chi connectivity index (χ1n) is 8.00. The number of benzene rings is 1. The molecule has 1 aromatic carbocycles. The van der Waals surface area contributed by atoms with E-state index in [0.717, 1.165) is 17.7 Å². The van der Waals surface area contributed by atoms with Gasteiger partial charge < -0.3 is 10.1 Å². The van der Waals surface area contributed by atoms with Crippen molar-refractivity contribution in [3.05, 3.63) is 34.9 Å². The number of nitrogens with zero attached hydrogens (tertiary/aromatic N) is 1. The van der Waals surface area contributed by atoms with Crippen molar-refractivity contribution in [1.82, 2.24) is 10.2 Å². The van der Waals surface area contributed by atoms with E-state index in [1.807, 2.05) is 0 Å². The lowest BCUT2D eigenvalue weighted by atomic mass is 9.98. The topological polar surface area (TPSA) is 92.8 Å². The van der Waals surface area contributed by atoms with Crippen LogP contribution in [-0.4, -0.2) is 47.3 Å². The van der Waals surface area contributed by atoms with Crippen molar-refractivity contribution in [2.45, 2.75) is 31.2 Å². The molecule has 1 spiro atoms. The normalized spacial score (nSPS) is 18.5. The Balaban J connectivity index is 1.54. The first-order valence-corrected chi connectivity index (χ1v) is 8.38. The summed E-state index contributed by atoms with van der Waals surface area (Å²) >= 11 is 5.75. The summed E-state index contributed by atoms with van der Waals surface area (Å²) in [5.41, 5.74) is -0.506. The van der Waals surface area contributed by atoms with E-state index in [1.54, 1.807) is 12.1 Å². The molecule has 3 amide bonds. The second-order valence-electron chi connectivity index (χ2n) is 6.20. The van der Waals surface area contributed by atoms with Crippen LogP contribution >= 0.6 is 11.6 Å². The number of ketones is 1. The van der Waals surface area contributed by atoms with Crippen LogP contribution in [0.15, 0.2) is 24.3 Å². The second kappa shape index (κ2) is 6.84. The quantitative estimate of drug-likeness (QED) is 0.489. The van der Waals surface area contributed by atoms with Crippen molar-refractivity contribution in [1.29, 1.82) is 0 Å². The van der Waals surface area contributed by atoms with Gasteiger partial charge in [0.15, 0.2) is 12.4 Å². The van der Waals surface area contributed by atoms with Crippen LogP contribution in [-0.2, 0) is 14.3 Å². The van der Waals surface area contributed by atoms with Crippen LogP contribution in [0.2, 0.25) is 5.02 Å². The van der Waals surface area contributed by atoms with Gasteiger partial charge in [-0.15, -0.1) is 0 Å². The number of imide groups is 1. The van der Waals surface area contributed by atoms with Gasteiger partial charge in [0, 0.05) is 10.6 Å².